The van der Waals surface area contributed by atoms with Crippen LogP contribution in [0, 0.1) is 11.8 Å². The number of carbonyl (C=O) groups excluding carboxylic acids is 1. The van der Waals surface area contributed by atoms with Crippen molar-refractivity contribution in [2.45, 2.75) is 53.4 Å². The van der Waals surface area contributed by atoms with Gasteiger partial charge in [-0.2, -0.15) is 0 Å². The molecule has 0 amide bonds. The van der Waals surface area contributed by atoms with Gasteiger partial charge in [-0.3, -0.25) is 0 Å². The molecule has 0 unspecified atom stereocenters. The molecule has 0 atom stereocenters. The molecule has 16 heavy (non-hydrogen) atoms. The summed E-state index contributed by atoms with van der Waals surface area (Å²) in [5, 5.41) is 0. The highest BCUT2D eigenvalue weighted by molar-refractivity contribution is 5.59. The second kappa shape index (κ2) is 9.49. The van der Waals surface area contributed by atoms with Crippen LogP contribution in [0.1, 0.15) is 53.4 Å². The Labute approximate surface area is 99.5 Å². The maximum absolute atomic E-state index is 11.2. The minimum Gasteiger partial charge on any atom is -0.434 e. The molecule has 0 bridgehead atoms. The minimum atomic E-state index is -0.522. The van der Waals surface area contributed by atoms with Crippen LogP contribution in [0.2, 0.25) is 0 Å². The Morgan fingerprint density at radius 2 is 1.50 bits per heavy atom. The predicted molar refractivity (Wildman–Crippen MR) is 65.4 cm³/mol. The molecule has 0 aromatic heterocycles. The van der Waals surface area contributed by atoms with Crippen LogP contribution in [0.4, 0.5) is 4.79 Å². The summed E-state index contributed by atoms with van der Waals surface area (Å²) >= 11 is 0. The highest BCUT2D eigenvalue weighted by Gasteiger charge is 2.11. The second-order valence-electron chi connectivity index (χ2n) is 4.71. The van der Waals surface area contributed by atoms with Crippen LogP contribution >= 0.6 is 0 Å². The summed E-state index contributed by atoms with van der Waals surface area (Å²) in [7, 11) is 0. The third kappa shape index (κ3) is 8.57. The molecule has 0 rings (SSSR count). The van der Waals surface area contributed by atoms with E-state index in [2.05, 4.69) is 13.8 Å². The molecule has 3 heteroatoms. The van der Waals surface area contributed by atoms with Gasteiger partial charge in [0, 0.05) is 0 Å². The van der Waals surface area contributed by atoms with Crippen LogP contribution in [0.25, 0.3) is 0 Å². The van der Waals surface area contributed by atoms with Gasteiger partial charge in [-0.1, -0.05) is 40.5 Å². The van der Waals surface area contributed by atoms with Crippen molar-refractivity contribution in [1.82, 2.24) is 0 Å². The van der Waals surface area contributed by atoms with Gasteiger partial charge in [-0.25, -0.2) is 4.79 Å². The van der Waals surface area contributed by atoms with Gasteiger partial charge in [-0.15, -0.1) is 0 Å². The lowest BCUT2D eigenvalue weighted by Gasteiger charge is -2.15. The van der Waals surface area contributed by atoms with Crippen molar-refractivity contribution in [1.29, 1.82) is 0 Å². The third-order valence-electron chi connectivity index (χ3n) is 2.37. The van der Waals surface area contributed by atoms with E-state index in [0.29, 0.717) is 25.0 Å². The largest absolute Gasteiger partial charge is 0.508 e. The molecule has 96 valence electrons. The van der Waals surface area contributed by atoms with E-state index in [1.807, 2.05) is 13.8 Å². The van der Waals surface area contributed by atoms with Gasteiger partial charge in [0.15, 0.2) is 0 Å². The molecule has 0 saturated heterocycles. The van der Waals surface area contributed by atoms with Gasteiger partial charge in [0.25, 0.3) is 0 Å². The molecule has 0 aliphatic rings. The molecule has 0 saturated carbocycles. The average Bonchev–Trinajstić information content (AvgIpc) is 2.23. The molecule has 0 aromatic carbocycles. The van der Waals surface area contributed by atoms with Crippen LogP contribution in [-0.4, -0.2) is 19.4 Å². The van der Waals surface area contributed by atoms with Crippen molar-refractivity contribution in [3.8, 4) is 0 Å². The van der Waals surface area contributed by atoms with Crippen molar-refractivity contribution >= 4 is 6.16 Å². The second-order valence-corrected chi connectivity index (χ2v) is 4.71. The monoisotopic (exact) mass is 230 g/mol. The lowest BCUT2D eigenvalue weighted by molar-refractivity contribution is 0.0354. The van der Waals surface area contributed by atoms with E-state index in [-0.39, 0.29) is 0 Å². The third-order valence-corrected chi connectivity index (χ3v) is 2.37. The van der Waals surface area contributed by atoms with E-state index in [0.717, 1.165) is 25.7 Å². The van der Waals surface area contributed by atoms with Gasteiger partial charge in [0.1, 0.15) is 0 Å². The van der Waals surface area contributed by atoms with Crippen molar-refractivity contribution in [2.24, 2.45) is 11.8 Å². The lowest BCUT2D eigenvalue weighted by atomic mass is 10.00. The van der Waals surface area contributed by atoms with Crippen LogP contribution in [0.3, 0.4) is 0 Å². The fourth-order valence-electron chi connectivity index (χ4n) is 1.59. The van der Waals surface area contributed by atoms with Crippen molar-refractivity contribution in [2.75, 3.05) is 13.2 Å². The Kier molecular flexibility index (Phi) is 9.06. The maximum atomic E-state index is 11.2. The maximum Gasteiger partial charge on any atom is 0.508 e. The van der Waals surface area contributed by atoms with Crippen molar-refractivity contribution in [3.63, 3.8) is 0 Å². The highest BCUT2D eigenvalue weighted by Crippen LogP contribution is 2.14. The zero-order chi connectivity index (χ0) is 12.4. The molecular formula is C13H26O3. The molecule has 0 fully saturated rings. The Hall–Kier alpha value is -0.730. The molecule has 0 radical (unpaired) electrons. The molecule has 0 aliphatic heterocycles. The molecular weight excluding hydrogens is 204 g/mol. The van der Waals surface area contributed by atoms with E-state index >= 15 is 0 Å². The van der Waals surface area contributed by atoms with Gasteiger partial charge in [0.05, 0.1) is 13.2 Å². The number of hydrogen-bond acceptors (Lipinski definition) is 3. The first kappa shape index (κ1) is 15.3. The minimum absolute atomic E-state index is 0.356. The van der Waals surface area contributed by atoms with E-state index < -0.39 is 6.16 Å². The Morgan fingerprint density at radius 3 is 1.94 bits per heavy atom. The molecule has 0 heterocycles. The van der Waals surface area contributed by atoms with Gasteiger partial charge < -0.3 is 9.47 Å². The van der Waals surface area contributed by atoms with Gasteiger partial charge in [-0.05, 0) is 24.7 Å². The smallest absolute Gasteiger partial charge is 0.434 e. The summed E-state index contributed by atoms with van der Waals surface area (Å²) in [5.41, 5.74) is 0. The van der Waals surface area contributed by atoms with Crippen LogP contribution in [0.15, 0.2) is 0 Å². The summed E-state index contributed by atoms with van der Waals surface area (Å²) in [6, 6.07) is 0. The first-order valence-corrected chi connectivity index (χ1v) is 6.39. The highest BCUT2D eigenvalue weighted by atomic mass is 16.7. The van der Waals surface area contributed by atoms with E-state index in [1.165, 1.54) is 0 Å². The Morgan fingerprint density at radius 1 is 1.00 bits per heavy atom. The van der Waals surface area contributed by atoms with Gasteiger partial charge >= 0.3 is 6.16 Å². The summed E-state index contributed by atoms with van der Waals surface area (Å²) in [6.45, 7) is 9.25. The first-order chi connectivity index (χ1) is 7.60. The topological polar surface area (TPSA) is 35.5 Å². The summed E-state index contributed by atoms with van der Waals surface area (Å²) < 4.78 is 10.0. The average molecular weight is 230 g/mol. The normalized spacial score (nSPS) is 10.9. The van der Waals surface area contributed by atoms with Crippen LogP contribution in [0.5, 0.6) is 0 Å². The van der Waals surface area contributed by atoms with E-state index in [4.69, 9.17) is 9.47 Å². The zero-order valence-electron chi connectivity index (χ0n) is 11.1. The fourth-order valence-corrected chi connectivity index (χ4v) is 1.59. The molecule has 0 aromatic rings. The SMILES string of the molecule is CCCC(CCC)COC(=O)OCC(C)C. The predicted octanol–water partition coefficient (Wildman–Crippen LogP) is 4.01. The molecule has 0 N–H and O–H groups in total. The number of hydrogen-bond donors (Lipinski definition) is 0. The number of carbonyl (C=O) groups is 1. The summed E-state index contributed by atoms with van der Waals surface area (Å²) in [4.78, 5) is 11.2. The van der Waals surface area contributed by atoms with Crippen molar-refractivity contribution in [3.05, 3.63) is 0 Å². The fraction of sp³-hybridized carbons (Fsp3) is 0.923. The van der Waals surface area contributed by atoms with E-state index in [9.17, 15) is 4.79 Å². The van der Waals surface area contributed by atoms with Crippen LogP contribution in [-0.2, 0) is 9.47 Å². The number of rotatable bonds is 8. The Balaban J connectivity index is 3.68. The molecule has 0 spiro atoms. The van der Waals surface area contributed by atoms with Crippen LogP contribution < -0.4 is 0 Å². The summed E-state index contributed by atoms with van der Waals surface area (Å²) in [5.74, 6) is 0.844. The molecule has 3 nitrogen and oxygen atoms in total. The number of ether oxygens (including phenoxy) is 2. The Bertz CT molecular complexity index is 172. The first-order valence-electron chi connectivity index (χ1n) is 6.39. The molecule has 0 aliphatic carbocycles. The van der Waals surface area contributed by atoms with Gasteiger partial charge in [0.2, 0.25) is 0 Å². The lowest BCUT2D eigenvalue weighted by Crippen LogP contribution is -2.17. The zero-order valence-corrected chi connectivity index (χ0v) is 11.1. The quantitative estimate of drug-likeness (QED) is 0.591. The van der Waals surface area contributed by atoms with Crippen molar-refractivity contribution < 1.29 is 14.3 Å². The van der Waals surface area contributed by atoms with E-state index in [1.54, 1.807) is 0 Å². The summed E-state index contributed by atoms with van der Waals surface area (Å²) in [6.07, 6.45) is 3.98. The standard InChI is InChI=1S/C13H26O3/c1-5-7-12(8-6-2)10-16-13(14)15-9-11(3)4/h11-12H,5-10H2,1-4H3.